The molecule has 0 aliphatic carbocycles. The van der Waals surface area contributed by atoms with Gasteiger partial charge in [-0.15, -0.1) is 0 Å². The maximum absolute atomic E-state index is 5.47. The van der Waals surface area contributed by atoms with Crippen molar-refractivity contribution in [2.75, 3.05) is 44.3 Å². The van der Waals surface area contributed by atoms with E-state index in [4.69, 9.17) is 4.74 Å². The Morgan fingerprint density at radius 1 is 1.19 bits per heavy atom. The standard InChI is InChI=1S/C17H27N3O/c1-14-13-17(3-6-18-14)20-7-4-16(5-8-20)15(2)19-9-11-21-12-10-19/h3,6,13,15-16H,4-5,7-12H2,1-2H3/t15-/m1/s1. The second-order valence-corrected chi connectivity index (χ2v) is 6.37. The fourth-order valence-corrected chi connectivity index (χ4v) is 3.65. The minimum Gasteiger partial charge on any atom is -0.379 e. The van der Waals surface area contributed by atoms with Crippen LogP contribution in [0.5, 0.6) is 0 Å². The molecule has 2 saturated heterocycles. The number of anilines is 1. The molecule has 2 fully saturated rings. The molecule has 4 heteroatoms. The summed E-state index contributed by atoms with van der Waals surface area (Å²) in [7, 11) is 0. The third-order valence-corrected chi connectivity index (χ3v) is 5.09. The van der Waals surface area contributed by atoms with Crippen LogP contribution in [0.25, 0.3) is 0 Å². The van der Waals surface area contributed by atoms with Crippen molar-refractivity contribution in [1.29, 1.82) is 0 Å². The third kappa shape index (κ3) is 3.55. The van der Waals surface area contributed by atoms with Crippen LogP contribution in [0.1, 0.15) is 25.5 Å². The number of aryl methyl sites for hydroxylation is 1. The van der Waals surface area contributed by atoms with Crippen molar-refractivity contribution < 1.29 is 4.74 Å². The fourth-order valence-electron chi connectivity index (χ4n) is 3.65. The molecule has 1 aromatic rings. The summed E-state index contributed by atoms with van der Waals surface area (Å²) < 4.78 is 5.47. The number of ether oxygens (including phenoxy) is 1. The molecule has 21 heavy (non-hydrogen) atoms. The van der Waals surface area contributed by atoms with Gasteiger partial charge in [0.2, 0.25) is 0 Å². The molecule has 3 rings (SSSR count). The number of nitrogens with zero attached hydrogens (tertiary/aromatic N) is 3. The van der Waals surface area contributed by atoms with E-state index in [-0.39, 0.29) is 0 Å². The van der Waals surface area contributed by atoms with E-state index in [0.29, 0.717) is 6.04 Å². The van der Waals surface area contributed by atoms with Crippen LogP contribution in [0.15, 0.2) is 18.3 Å². The van der Waals surface area contributed by atoms with E-state index >= 15 is 0 Å². The summed E-state index contributed by atoms with van der Waals surface area (Å²) in [6.07, 6.45) is 4.51. The molecular formula is C17H27N3O. The van der Waals surface area contributed by atoms with Crippen molar-refractivity contribution >= 4 is 5.69 Å². The largest absolute Gasteiger partial charge is 0.379 e. The first-order valence-electron chi connectivity index (χ1n) is 8.23. The van der Waals surface area contributed by atoms with E-state index in [1.54, 1.807) is 0 Å². The average Bonchev–Trinajstić information content (AvgIpc) is 2.55. The lowest BCUT2D eigenvalue weighted by molar-refractivity contribution is 0.00449. The number of hydrogen-bond acceptors (Lipinski definition) is 4. The van der Waals surface area contributed by atoms with Gasteiger partial charge in [-0.1, -0.05) is 0 Å². The van der Waals surface area contributed by atoms with Gasteiger partial charge in [-0.05, 0) is 44.7 Å². The minimum atomic E-state index is 0.690. The molecular weight excluding hydrogens is 262 g/mol. The number of pyridine rings is 1. The van der Waals surface area contributed by atoms with Crippen molar-refractivity contribution in [3.63, 3.8) is 0 Å². The van der Waals surface area contributed by atoms with Crippen LogP contribution in [-0.2, 0) is 4.74 Å². The van der Waals surface area contributed by atoms with Gasteiger partial charge >= 0.3 is 0 Å². The Kier molecular flexibility index (Phi) is 4.76. The summed E-state index contributed by atoms with van der Waals surface area (Å²) in [6.45, 7) is 10.8. The molecule has 0 saturated carbocycles. The van der Waals surface area contributed by atoms with Crippen LogP contribution in [0, 0.1) is 12.8 Å². The summed E-state index contributed by atoms with van der Waals surface area (Å²) in [5.41, 5.74) is 2.44. The quantitative estimate of drug-likeness (QED) is 0.854. The molecule has 1 atom stereocenters. The van der Waals surface area contributed by atoms with Crippen LogP contribution < -0.4 is 4.90 Å². The van der Waals surface area contributed by atoms with Gasteiger partial charge in [-0.3, -0.25) is 9.88 Å². The molecule has 1 aromatic heterocycles. The van der Waals surface area contributed by atoms with E-state index in [0.717, 1.165) is 37.9 Å². The van der Waals surface area contributed by atoms with Crippen molar-refractivity contribution in [3.05, 3.63) is 24.0 Å². The van der Waals surface area contributed by atoms with Crippen LogP contribution >= 0.6 is 0 Å². The van der Waals surface area contributed by atoms with Crippen molar-refractivity contribution in [2.24, 2.45) is 5.92 Å². The molecule has 0 bridgehead atoms. The molecule has 0 unspecified atom stereocenters. The Labute approximate surface area is 128 Å². The zero-order valence-corrected chi connectivity index (χ0v) is 13.3. The first-order valence-corrected chi connectivity index (χ1v) is 8.23. The first kappa shape index (κ1) is 14.8. The smallest absolute Gasteiger partial charge is 0.0594 e. The van der Waals surface area contributed by atoms with E-state index in [9.17, 15) is 0 Å². The van der Waals surface area contributed by atoms with Crippen LogP contribution in [-0.4, -0.2) is 55.3 Å². The number of rotatable bonds is 3. The highest BCUT2D eigenvalue weighted by Gasteiger charge is 2.28. The number of aromatic nitrogens is 1. The summed E-state index contributed by atoms with van der Waals surface area (Å²) >= 11 is 0. The highest BCUT2D eigenvalue weighted by Crippen LogP contribution is 2.27. The van der Waals surface area contributed by atoms with Gasteiger partial charge in [-0.2, -0.15) is 0 Å². The van der Waals surface area contributed by atoms with Gasteiger partial charge < -0.3 is 9.64 Å². The van der Waals surface area contributed by atoms with E-state index in [2.05, 4.69) is 40.8 Å². The summed E-state index contributed by atoms with van der Waals surface area (Å²) in [5.74, 6) is 0.822. The normalized spacial score (nSPS) is 23.2. The van der Waals surface area contributed by atoms with Crippen LogP contribution in [0.2, 0.25) is 0 Å². The molecule has 4 nitrogen and oxygen atoms in total. The van der Waals surface area contributed by atoms with Gasteiger partial charge in [0.05, 0.1) is 13.2 Å². The predicted octanol–water partition coefficient (Wildman–Crippen LogP) is 2.33. The lowest BCUT2D eigenvalue weighted by Gasteiger charge is -2.41. The molecule has 3 heterocycles. The monoisotopic (exact) mass is 289 g/mol. The van der Waals surface area contributed by atoms with E-state index < -0.39 is 0 Å². The minimum absolute atomic E-state index is 0.690. The van der Waals surface area contributed by atoms with Crippen molar-refractivity contribution in [2.45, 2.75) is 32.7 Å². The van der Waals surface area contributed by atoms with Gasteiger partial charge in [0.15, 0.2) is 0 Å². The molecule has 0 aromatic carbocycles. The molecule has 0 spiro atoms. The second kappa shape index (κ2) is 6.75. The molecule has 0 N–H and O–H groups in total. The van der Waals surface area contributed by atoms with Gasteiger partial charge in [0.25, 0.3) is 0 Å². The number of piperidine rings is 1. The van der Waals surface area contributed by atoms with Gasteiger partial charge in [-0.25, -0.2) is 0 Å². The first-order chi connectivity index (χ1) is 10.2. The highest BCUT2D eigenvalue weighted by molar-refractivity contribution is 5.46. The molecule has 2 aliphatic heterocycles. The molecule has 2 aliphatic rings. The Bertz CT molecular complexity index is 451. The molecule has 0 radical (unpaired) electrons. The lowest BCUT2D eigenvalue weighted by Crippen LogP contribution is -2.48. The van der Waals surface area contributed by atoms with Crippen molar-refractivity contribution in [1.82, 2.24) is 9.88 Å². The fraction of sp³-hybridized carbons (Fsp3) is 0.706. The maximum Gasteiger partial charge on any atom is 0.0594 e. The maximum atomic E-state index is 5.47. The van der Waals surface area contributed by atoms with Gasteiger partial charge in [0.1, 0.15) is 0 Å². The van der Waals surface area contributed by atoms with E-state index in [1.807, 2.05) is 6.20 Å². The number of morpholine rings is 1. The molecule has 116 valence electrons. The Morgan fingerprint density at radius 2 is 1.90 bits per heavy atom. The third-order valence-electron chi connectivity index (χ3n) is 5.09. The van der Waals surface area contributed by atoms with Crippen LogP contribution in [0.3, 0.4) is 0 Å². The average molecular weight is 289 g/mol. The SMILES string of the molecule is Cc1cc(N2CCC([C@@H](C)N3CCOCC3)CC2)ccn1. The van der Waals surface area contributed by atoms with Gasteiger partial charge in [0, 0.05) is 49.8 Å². The zero-order valence-electron chi connectivity index (χ0n) is 13.3. The topological polar surface area (TPSA) is 28.6 Å². The van der Waals surface area contributed by atoms with Crippen LogP contribution in [0.4, 0.5) is 5.69 Å². The predicted molar refractivity (Wildman–Crippen MR) is 85.8 cm³/mol. The number of hydrogen-bond donors (Lipinski definition) is 0. The molecule has 0 amide bonds. The summed E-state index contributed by atoms with van der Waals surface area (Å²) in [4.78, 5) is 9.42. The lowest BCUT2D eigenvalue weighted by atomic mass is 9.89. The Balaban J connectivity index is 1.54. The summed E-state index contributed by atoms with van der Waals surface area (Å²) in [6, 6.07) is 5.03. The Hall–Kier alpha value is -1.13. The van der Waals surface area contributed by atoms with E-state index in [1.165, 1.54) is 31.6 Å². The summed E-state index contributed by atoms with van der Waals surface area (Å²) in [5, 5.41) is 0. The Morgan fingerprint density at radius 3 is 2.57 bits per heavy atom. The van der Waals surface area contributed by atoms with Crippen molar-refractivity contribution in [3.8, 4) is 0 Å². The second-order valence-electron chi connectivity index (χ2n) is 6.37. The highest BCUT2D eigenvalue weighted by atomic mass is 16.5. The zero-order chi connectivity index (χ0) is 14.7.